The second-order valence-electron chi connectivity index (χ2n) is 5.31. The van der Waals surface area contributed by atoms with E-state index >= 15 is 0 Å². The summed E-state index contributed by atoms with van der Waals surface area (Å²) in [6.07, 6.45) is 3.08. The van der Waals surface area contributed by atoms with E-state index in [4.69, 9.17) is 27.9 Å². The number of methoxy groups -OCH3 is 1. The molecule has 1 amide bonds. The Balaban J connectivity index is 2.23. The number of amides is 1. The second-order valence-corrected chi connectivity index (χ2v) is 6.12. The molecule has 0 aromatic heterocycles. The van der Waals surface area contributed by atoms with Gasteiger partial charge in [0.2, 0.25) is 0 Å². The van der Waals surface area contributed by atoms with Crippen LogP contribution in [0.25, 0.3) is 0 Å². The summed E-state index contributed by atoms with van der Waals surface area (Å²) in [6, 6.07) is 2.92. The van der Waals surface area contributed by atoms with E-state index in [1.807, 2.05) is 0 Å². The molecule has 116 valence electrons. The van der Waals surface area contributed by atoms with Crippen LogP contribution in [0.15, 0.2) is 12.1 Å². The number of nitrogens with zero attached hydrogens (tertiary/aromatic N) is 1. The molecule has 0 bridgehead atoms. The Morgan fingerprint density at radius 2 is 1.86 bits per heavy atom. The SMILES string of the molecule is COc1c(Cl)cc(C(=O)N(C)C2CCCCC2O)cc1Cl. The zero-order chi connectivity index (χ0) is 15.6. The minimum atomic E-state index is -0.475. The van der Waals surface area contributed by atoms with Crippen molar-refractivity contribution in [2.75, 3.05) is 14.2 Å². The molecule has 4 nitrogen and oxygen atoms in total. The maximum atomic E-state index is 12.6. The Morgan fingerprint density at radius 1 is 1.29 bits per heavy atom. The first kappa shape index (κ1) is 16.4. The van der Waals surface area contributed by atoms with Crippen molar-refractivity contribution in [2.24, 2.45) is 0 Å². The maximum Gasteiger partial charge on any atom is 0.254 e. The van der Waals surface area contributed by atoms with Gasteiger partial charge in [-0.15, -0.1) is 0 Å². The lowest BCUT2D eigenvalue weighted by Gasteiger charge is -2.35. The van der Waals surface area contributed by atoms with Gasteiger partial charge in [-0.05, 0) is 25.0 Å². The average molecular weight is 332 g/mol. The van der Waals surface area contributed by atoms with Crippen molar-refractivity contribution in [1.82, 2.24) is 4.90 Å². The van der Waals surface area contributed by atoms with Crippen LogP contribution >= 0.6 is 23.2 Å². The Labute approximate surface area is 134 Å². The van der Waals surface area contributed by atoms with E-state index in [-0.39, 0.29) is 11.9 Å². The summed E-state index contributed by atoms with van der Waals surface area (Å²) < 4.78 is 5.08. The fourth-order valence-electron chi connectivity index (χ4n) is 2.78. The largest absolute Gasteiger partial charge is 0.494 e. The molecule has 2 unspecified atom stereocenters. The maximum absolute atomic E-state index is 12.6. The van der Waals surface area contributed by atoms with Crippen LogP contribution in [0, 0.1) is 0 Å². The molecule has 1 N–H and O–H groups in total. The van der Waals surface area contributed by atoms with Crippen LogP contribution in [-0.2, 0) is 0 Å². The molecule has 1 aliphatic carbocycles. The van der Waals surface area contributed by atoms with Gasteiger partial charge >= 0.3 is 0 Å². The number of halogens is 2. The van der Waals surface area contributed by atoms with Crippen LogP contribution in [0.2, 0.25) is 10.0 Å². The molecule has 1 saturated carbocycles. The van der Waals surface area contributed by atoms with E-state index in [2.05, 4.69) is 0 Å². The van der Waals surface area contributed by atoms with Gasteiger partial charge in [0.25, 0.3) is 5.91 Å². The summed E-state index contributed by atoms with van der Waals surface area (Å²) in [4.78, 5) is 14.1. The second kappa shape index (κ2) is 6.86. The molecule has 0 heterocycles. The van der Waals surface area contributed by atoms with E-state index in [9.17, 15) is 9.90 Å². The summed E-state index contributed by atoms with van der Waals surface area (Å²) >= 11 is 12.1. The molecule has 21 heavy (non-hydrogen) atoms. The highest BCUT2D eigenvalue weighted by Crippen LogP contribution is 2.34. The number of carbonyl (C=O) groups excluding carboxylic acids is 1. The van der Waals surface area contributed by atoms with E-state index in [0.717, 1.165) is 25.7 Å². The highest BCUT2D eigenvalue weighted by Gasteiger charge is 2.30. The molecule has 0 aliphatic heterocycles. The molecule has 1 aliphatic rings. The number of likely N-dealkylation sites (N-methyl/N-ethyl adjacent to an activating group) is 1. The molecule has 1 aromatic carbocycles. The van der Waals surface area contributed by atoms with Crippen LogP contribution in [0.1, 0.15) is 36.0 Å². The summed E-state index contributed by atoms with van der Waals surface area (Å²) in [5.74, 6) is 0.155. The Kier molecular flexibility index (Phi) is 5.36. The predicted molar refractivity (Wildman–Crippen MR) is 83.4 cm³/mol. The number of hydrogen-bond donors (Lipinski definition) is 1. The molecule has 2 rings (SSSR count). The zero-order valence-electron chi connectivity index (χ0n) is 12.1. The normalized spacial score (nSPS) is 22.0. The van der Waals surface area contributed by atoms with E-state index in [1.54, 1.807) is 24.1 Å². The van der Waals surface area contributed by atoms with Gasteiger partial charge in [-0.25, -0.2) is 0 Å². The highest BCUT2D eigenvalue weighted by atomic mass is 35.5. The molecular weight excluding hydrogens is 313 g/mol. The van der Waals surface area contributed by atoms with Gasteiger partial charge in [0.05, 0.1) is 29.3 Å². The molecule has 0 saturated heterocycles. The van der Waals surface area contributed by atoms with Gasteiger partial charge in [0.1, 0.15) is 0 Å². The zero-order valence-corrected chi connectivity index (χ0v) is 13.6. The number of hydrogen-bond acceptors (Lipinski definition) is 3. The molecule has 0 radical (unpaired) electrons. The first-order valence-corrected chi connectivity index (χ1v) is 7.69. The molecule has 0 spiro atoms. The van der Waals surface area contributed by atoms with Gasteiger partial charge in [0.15, 0.2) is 5.75 Å². The third-order valence-electron chi connectivity index (χ3n) is 3.96. The summed E-state index contributed by atoms with van der Waals surface area (Å²) in [5.41, 5.74) is 0.395. The lowest BCUT2D eigenvalue weighted by Crippen LogP contribution is -2.46. The first-order valence-electron chi connectivity index (χ1n) is 6.94. The molecule has 1 fully saturated rings. The van der Waals surface area contributed by atoms with Gasteiger partial charge in [-0.3, -0.25) is 4.79 Å². The molecule has 1 aromatic rings. The van der Waals surface area contributed by atoms with Crippen molar-refractivity contribution in [3.8, 4) is 5.75 Å². The fourth-order valence-corrected chi connectivity index (χ4v) is 3.42. The van der Waals surface area contributed by atoms with E-state index < -0.39 is 6.10 Å². The monoisotopic (exact) mass is 331 g/mol. The van der Waals surface area contributed by atoms with Crippen molar-refractivity contribution in [2.45, 2.75) is 37.8 Å². The van der Waals surface area contributed by atoms with Crippen molar-refractivity contribution >= 4 is 29.1 Å². The number of ether oxygens (including phenoxy) is 1. The van der Waals surface area contributed by atoms with Crippen LogP contribution in [0.3, 0.4) is 0 Å². The Hall–Kier alpha value is -0.970. The third kappa shape index (κ3) is 3.44. The lowest BCUT2D eigenvalue weighted by atomic mass is 9.91. The number of benzene rings is 1. The fraction of sp³-hybridized carbons (Fsp3) is 0.533. The van der Waals surface area contributed by atoms with Crippen molar-refractivity contribution in [3.63, 3.8) is 0 Å². The summed E-state index contributed by atoms with van der Waals surface area (Å²) in [5, 5.41) is 10.7. The summed E-state index contributed by atoms with van der Waals surface area (Å²) in [7, 11) is 3.17. The van der Waals surface area contributed by atoms with E-state index in [1.165, 1.54) is 7.11 Å². The van der Waals surface area contributed by atoms with Gasteiger partial charge in [-0.1, -0.05) is 36.0 Å². The Morgan fingerprint density at radius 3 is 2.38 bits per heavy atom. The minimum Gasteiger partial charge on any atom is -0.494 e. The average Bonchev–Trinajstić information content (AvgIpc) is 2.46. The van der Waals surface area contributed by atoms with Crippen molar-refractivity contribution in [3.05, 3.63) is 27.7 Å². The van der Waals surface area contributed by atoms with Gasteiger partial charge < -0.3 is 14.7 Å². The van der Waals surface area contributed by atoms with Crippen LogP contribution in [0.5, 0.6) is 5.75 Å². The van der Waals surface area contributed by atoms with Crippen LogP contribution < -0.4 is 4.74 Å². The molecule has 6 heteroatoms. The minimum absolute atomic E-state index is 0.161. The number of carbonyl (C=O) groups is 1. The predicted octanol–water partition coefficient (Wildman–Crippen LogP) is 3.38. The first-order chi connectivity index (χ1) is 9.95. The number of aliphatic hydroxyl groups excluding tert-OH is 1. The number of aliphatic hydroxyl groups is 1. The quantitative estimate of drug-likeness (QED) is 0.923. The van der Waals surface area contributed by atoms with Crippen molar-refractivity contribution < 1.29 is 14.6 Å². The summed E-state index contributed by atoms with van der Waals surface area (Å²) in [6.45, 7) is 0. The topological polar surface area (TPSA) is 49.8 Å². The Bertz CT molecular complexity index is 513. The van der Waals surface area contributed by atoms with Crippen molar-refractivity contribution in [1.29, 1.82) is 0 Å². The van der Waals surface area contributed by atoms with Gasteiger partial charge in [-0.2, -0.15) is 0 Å². The standard InChI is InChI=1S/C15H19Cl2NO3/c1-18(12-5-3-4-6-13(12)19)15(20)9-7-10(16)14(21-2)11(17)8-9/h7-8,12-13,19H,3-6H2,1-2H3. The van der Waals surface area contributed by atoms with Crippen LogP contribution in [0.4, 0.5) is 0 Å². The van der Waals surface area contributed by atoms with Gasteiger partial charge in [0, 0.05) is 12.6 Å². The lowest BCUT2D eigenvalue weighted by molar-refractivity contribution is 0.0268. The number of rotatable bonds is 3. The third-order valence-corrected chi connectivity index (χ3v) is 4.52. The van der Waals surface area contributed by atoms with E-state index in [0.29, 0.717) is 21.4 Å². The molecule has 2 atom stereocenters. The van der Waals surface area contributed by atoms with Crippen LogP contribution in [-0.4, -0.2) is 42.2 Å². The highest BCUT2D eigenvalue weighted by molar-refractivity contribution is 6.37. The smallest absolute Gasteiger partial charge is 0.254 e. The molecular formula is C15H19Cl2NO3.